The van der Waals surface area contributed by atoms with Crippen LogP contribution in [0.1, 0.15) is 0 Å². The standard InChI is InChI=1S/C48H28N2OS/c1-3-11-31(12-4-1)49-41-23-19-30(26-38(41)39-28-45-40(27-43(39)49)33-15-7-9-17-44(33)51-45)29-20-24-42-37(25-29)35-21-22-36-34-16-8-10-18-46(34)52-48(36)47(35)50(42)32-13-5-2-6-14-32/h1-28H. The van der Waals surface area contributed by atoms with Gasteiger partial charge in [0.1, 0.15) is 11.2 Å². The van der Waals surface area contributed by atoms with Crippen LogP contribution in [0.2, 0.25) is 0 Å². The van der Waals surface area contributed by atoms with Gasteiger partial charge in [0.25, 0.3) is 0 Å². The van der Waals surface area contributed by atoms with Crippen molar-refractivity contribution in [1.29, 1.82) is 0 Å². The molecular formula is C48H28N2OS. The van der Waals surface area contributed by atoms with E-state index >= 15 is 0 Å². The molecular weight excluding hydrogens is 653 g/mol. The molecule has 0 atom stereocenters. The van der Waals surface area contributed by atoms with Gasteiger partial charge in [-0.2, -0.15) is 0 Å². The maximum atomic E-state index is 6.41. The van der Waals surface area contributed by atoms with E-state index in [1.165, 1.54) is 80.6 Å². The number of nitrogens with zero attached hydrogens (tertiary/aromatic N) is 2. The van der Waals surface area contributed by atoms with Crippen molar-refractivity contribution < 1.29 is 4.42 Å². The first-order chi connectivity index (χ1) is 25.8. The third kappa shape index (κ3) is 3.84. The van der Waals surface area contributed by atoms with Crippen molar-refractivity contribution >= 4 is 97.1 Å². The van der Waals surface area contributed by atoms with Crippen LogP contribution in [-0.4, -0.2) is 9.13 Å². The molecule has 0 N–H and O–H groups in total. The van der Waals surface area contributed by atoms with Crippen molar-refractivity contribution in [1.82, 2.24) is 9.13 Å². The van der Waals surface area contributed by atoms with Gasteiger partial charge >= 0.3 is 0 Å². The number of rotatable bonds is 3. The van der Waals surface area contributed by atoms with Gasteiger partial charge in [-0.05, 0) is 83.9 Å². The Morgan fingerprint density at radius 3 is 1.73 bits per heavy atom. The Labute approximate surface area is 301 Å². The molecule has 12 aromatic rings. The molecule has 0 saturated carbocycles. The lowest BCUT2D eigenvalue weighted by Crippen LogP contribution is -1.93. The Balaban J connectivity index is 1.13. The van der Waals surface area contributed by atoms with Crippen LogP contribution in [0.5, 0.6) is 0 Å². The predicted octanol–water partition coefficient (Wildman–Crippen LogP) is 13.8. The monoisotopic (exact) mass is 680 g/mol. The smallest absolute Gasteiger partial charge is 0.136 e. The van der Waals surface area contributed by atoms with E-state index in [2.05, 4.69) is 173 Å². The fourth-order valence-electron chi connectivity index (χ4n) is 8.58. The van der Waals surface area contributed by atoms with E-state index in [0.717, 1.165) is 27.6 Å². The fraction of sp³-hybridized carbons (Fsp3) is 0. The van der Waals surface area contributed by atoms with Gasteiger partial charge in [0.15, 0.2) is 0 Å². The van der Waals surface area contributed by atoms with Crippen LogP contribution in [0.25, 0.3) is 108 Å². The molecule has 4 heterocycles. The average Bonchev–Trinajstić information content (AvgIpc) is 3.94. The Hall–Kier alpha value is -6.62. The average molecular weight is 681 g/mol. The van der Waals surface area contributed by atoms with Crippen molar-refractivity contribution in [2.24, 2.45) is 0 Å². The number of benzene rings is 8. The van der Waals surface area contributed by atoms with Crippen molar-refractivity contribution in [2.75, 3.05) is 0 Å². The summed E-state index contributed by atoms with van der Waals surface area (Å²) in [6.07, 6.45) is 0. The van der Waals surface area contributed by atoms with E-state index < -0.39 is 0 Å². The molecule has 8 aromatic carbocycles. The second-order valence-corrected chi connectivity index (χ2v) is 14.8. The molecule has 4 heteroatoms. The zero-order valence-corrected chi connectivity index (χ0v) is 28.7. The van der Waals surface area contributed by atoms with E-state index in [1.54, 1.807) is 0 Å². The maximum absolute atomic E-state index is 6.41. The lowest BCUT2D eigenvalue weighted by atomic mass is 10.00. The molecule has 52 heavy (non-hydrogen) atoms. The summed E-state index contributed by atoms with van der Waals surface area (Å²) in [7, 11) is 0. The third-order valence-corrected chi connectivity index (χ3v) is 12.1. The largest absolute Gasteiger partial charge is 0.456 e. The zero-order chi connectivity index (χ0) is 33.9. The highest BCUT2D eigenvalue weighted by molar-refractivity contribution is 7.26. The third-order valence-electron chi connectivity index (χ3n) is 10.9. The Bertz CT molecular complexity index is 3370. The minimum absolute atomic E-state index is 0.911. The molecule has 0 bridgehead atoms. The molecule has 0 spiro atoms. The Kier molecular flexibility index (Phi) is 5.65. The number of thiophene rings is 1. The summed E-state index contributed by atoms with van der Waals surface area (Å²) >= 11 is 1.89. The van der Waals surface area contributed by atoms with Gasteiger partial charge in [-0.3, -0.25) is 0 Å². The van der Waals surface area contributed by atoms with Crippen LogP contribution in [0.15, 0.2) is 174 Å². The molecule has 0 fully saturated rings. The minimum Gasteiger partial charge on any atom is -0.456 e. The number of hydrogen-bond donors (Lipinski definition) is 0. The van der Waals surface area contributed by atoms with Crippen LogP contribution in [0, 0.1) is 0 Å². The molecule has 3 nitrogen and oxygen atoms in total. The summed E-state index contributed by atoms with van der Waals surface area (Å²) in [4.78, 5) is 0. The second kappa shape index (κ2) is 10.5. The van der Waals surface area contributed by atoms with Crippen molar-refractivity contribution in [3.05, 3.63) is 170 Å². The summed E-state index contributed by atoms with van der Waals surface area (Å²) in [5.41, 5.74) is 11.4. The van der Waals surface area contributed by atoms with Crippen LogP contribution in [0.4, 0.5) is 0 Å². The van der Waals surface area contributed by atoms with Gasteiger partial charge in [-0.25, -0.2) is 0 Å². The number of hydrogen-bond acceptors (Lipinski definition) is 2. The topological polar surface area (TPSA) is 23.0 Å². The van der Waals surface area contributed by atoms with Gasteiger partial charge in [-0.15, -0.1) is 11.3 Å². The highest BCUT2D eigenvalue weighted by Gasteiger charge is 2.20. The molecule has 0 saturated heterocycles. The lowest BCUT2D eigenvalue weighted by molar-refractivity contribution is 0.669. The first-order valence-electron chi connectivity index (χ1n) is 17.7. The number of aromatic nitrogens is 2. The molecule has 0 radical (unpaired) electrons. The lowest BCUT2D eigenvalue weighted by Gasteiger charge is -2.09. The molecule has 12 rings (SSSR count). The zero-order valence-electron chi connectivity index (χ0n) is 27.9. The van der Waals surface area contributed by atoms with Crippen molar-refractivity contribution in [2.45, 2.75) is 0 Å². The SMILES string of the molecule is c1ccc(-n2c3ccc(-c4ccc5c(c4)c4ccc6c7ccccc7sc6c4n5-c4ccccc4)cc3c3cc4oc5ccccc5c4cc32)cc1. The minimum atomic E-state index is 0.911. The van der Waals surface area contributed by atoms with Gasteiger partial charge in [-0.1, -0.05) is 97.1 Å². The summed E-state index contributed by atoms with van der Waals surface area (Å²) in [5.74, 6) is 0. The van der Waals surface area contributed by atoms with E-state index in [4.69, 9.17) is 4.42 Å². The fourth-order valence-corrected chi connectivity index (χ4v) is 9.82. The van der Waals surface area contributed by atoms with Crippen LogP contribution in [-0.2, 0) is 0 Å². The van der Waals surface area contributed by atoms with Gasteiger partial charge in [0.05, 0.1) is 26.8 Å². The first kappa shape index (κ1) is 28.1. The Morgan fingerprint density at radius 2 is 0.962 bits per heavy atom. The normalized spacial score (nSPS) is 12.2. The predicted molar refractivity (Wildman–Crippen MR) is 221 cm³/mol. The van der Waals surface area contributed by atoms with E-state index in [0.29, 0.717) is 0 Å². The molecule has 4 aromatic heterocycles. The van der Waals surface area contributed by atoms with Gasteiger partial charge in [0, 0.05) is 59.2 Å². The van der Waals surface area contributed by atoms with Crippen LogP contribution < -0.4 is 0 Å². The summed E-state index contributed by atoms with van der Waals surface area (Å²) < 4.78 is 13.9. The highest BCUT2D eigenvalue weighted by Crippen LogP contribution is 2.45. The summed E-state index contributed by atoms with van der Waals surface area (Å²) in [5, 5.41) is 9.82. The molecule has 0 unspecified atom stereocenters. The highest BCUT2D eigenvalue weighted by atomic mass is 32.1. The van der Waals surface area contributed by atoms with E-state index in [-0.39, 0.29) is 0 Å². The van der Waals surface area contributed by atoms with Crippen LogP contribution in [0.3, 0.4) is 0 Å². The second-order valence-electron chi connectivity index (χ2n) is 13.7. The molecule has 0 aliphatic rings. The first-order valence-corrected chi connectivity index (χ1v) is 18.5. The molecule has 0 aliphatic heterocycles. The number of fused-ring (bicyclic) bond motifs is 13. The van der Waals surface area contributed by atoms with E-state index in [1.807, 2.05) is 17.4 Å². The van der Waals surface area contributed by atoms with Crippen molar-refractivity contribution in [3.8, 4) is 22.5 Å². The number of para-hydroxylation sites is 3. The molecule has 0 aliphatic carbocycles. The summed E-state index contributed by atoms with van der Waals surface area (Å²) in [6, 6.07) is 61.7. The van der Waals surface area contributed by atoms with E-state index in [9.17, 15) is 0 Å². The van der Waals surface area contributed by atoms with Gasteiger partial charge in [0.2, 0.25) is 0 Å². The van der Waals surface area contributed by atoms with Crippen LogP contribution >= 0.6 is 11.3 Å². The summed E-state index contributed by atoms with van der Waals surface area (Å²) in [6.45, 7) is 0. The van der Waals surface area contributed by atoms with Gasteiger partial charge < -0.3 is 13.6 Å². The maximum Gasteiger partial charge on any atom is 0.136 e. The Morgan fingerprint density at radius 1 is 0.365 bits per heavy atom. The molecule has 242 valence electrons. The number of furan rings is 1. The quantitative estimate of drug-likeness (QED) is 0.182. The molecule has 0 amide bonds. The van der Waals surface area contributed by atoms with Crippen molar-refractivity contribution in [3.63, 3.8) is 0 Å².